The molecule has 0 bridgehead atoms. The molecule has 0 saturated carbocycles. The second-order valence-electron chi connectivity index (χ2n) is 5.11. The first kappa shape index (κ1) is 16.4. The molecule has 25 heavy (non-hydrogen) atoms. The van der Waals surface area contributed by atoms with E-state index in [2.05, 4.69) is 10.4 Å². The molecule has 0 aliphatic carbocycles. The highest BCUT2D eigenvalue weighted by Crippen LogP contribution is 2.17. The van der Waals surface area contributed by atoms with E-state index < -0.39 is 17.3 Å². The van der Waals surface area contributed by atoms with Gasteiger partial charge in [-0.1, -0.05) is 18.2 Å². The molecule has 0 aliphatic rings. The third-order valence-corrected chi connectivity index (χ3v) is 3.43. The molecule has 1 aromatic heterocycles. The molecule has 0 spiro atoms. The van der Waals surface area contributed by atoms with Crippen molar-refractivity contribution in [3.63, 3.8) is 0 Å². The van der Waals surface area contributed by atoms with Gasteiger partial charge in [0.15, 0.2) is 11.4 Å². The Balaban J connectivity index is 2.00. The van der Waals surface area contributed by atoms with E-state index in [1.165, 1.54) is 37.4 Å². The zero-order valence-corrected chi connectivity index (χ0v) is 13.3. The SMILES string of the molecule is COc1cc(=O)n(-c2ccccc2)nc1C(=O)Nc1ccc(F)cc1. The molecule has 0 saturated heterocycles. The number of para-hydroxylation sites is 1. The number of carbonyl (C=O) groups excluding carboxylic acids is 1. The van der Waals surface area contributed by atoms with Crippen LogP contribution in [-0.4, -0.2) is 22.8 Å². The number of hydrogen-bond donors (Lipinski definition) is 1. The lowest BCUT2D eigenvalue weighted by Crippen LogP contribution is -2.26. The molecule has 0 unspecified atom stereocenters. The summed E-state index contributed by atoms with van der Waals surface area (Å²) >= 11 is 0. The van der Waals surface area contributed by atoms with Gasteiger partial charge < -0.3 is 10.1 Å². The molecule has 126 valence electrons. The fourth-order valence-electron chi connectivity index (χ4n) is 2.23. The van der Waals surface area contributed by atoms with Gasteiger partial charge in [-0.2, -0.15) is 9.78 Å². The monoisotopic (exact) mass is 339 g/mol. The largest absolute Gasteiger partial charge is 0.494 e. The van der Waals surface area contributed by atoms with Crippen molar-refractivity contribution >= 4 is 11.6 Å². The van der Waals surface area contributed by atoms with Gasteiger partial charge in [0.05, 0.1) is 18.9 Å². The molecule has 1 amide bonds. The Morgan fingerprint density at radius 3 is 2.44 bits per heavy atom. The molecular formula is C18H14FN3O3. The lowest BCUT2D eigenvalue weighted by molar-refractivity contribution is 0.101. The van der Waals surface area contributed by atoms with Gasteiger partial charge in [0, 0.05) is 5.69 Å². The molecule has 0 fully saturated rings. The van der Waals surface area contributed by atoms with Gasteiger partial charge in [0.25, 0.3) is 11.5 Å². The Morgan fingerprint density at radius 2 is 1.80 bits per heavy atom. The second kappa shape index (κ2) is 6.96. The third-order valence-electron chi connectivity index (χ3n) is 3.43. The molecule has 0 radical (unpaired) electrons. The fraction of sp³-hybridized carbons (Fsp3) is 0.0556. The minimum atomic E-state index is -0.576. The first-order chi connectivity index (χ1) is 12.1. The Kier molecular flexibility index (Phi) is 4.56. The predicted molar refractivity (Wildman–Crippen MR) is 90.7 cm³/mol. The van der Waals surface area contributed by atoms with Crippen molar-refractivity contribution in [3.8, 4) is 11.4 Å². The second-order valence-corrected chi connectivity index (χ2v) is 5.11. The van der Waals surface area contributed by atoms with Crippen molar-refractivity contribution in [2.24, 2.45) is 0 Å². The van der Waals surface area contributed by atoms with Crippen LogP contribution in [0, 0.1) is 5.82 Å². The standard InChI is InChI=1S/C18H14FN3O3/c1-25-15-11-16(23)22(14-5-3-2-4-6-14)21-17(15)18(24)20-13-9-7-12(19)8-10-13/h2-11H,1H3,(H,20,24). The van der Waals surface area contributed by atoms with Crippen LogP contribution in [-0.2, 0) is 0 Å². The summed E-state index contributed by atoms with van der Waals surface area (Å²) in [6, 6.07) is 15.2. The van der Waals surface area contributed by atoms with Crippen LogP contribution in [0.3, 0.4) is 0 Å². The van der Waals surface area contributed by atoms with E-state index in [1.807, 2.05) is 0 Å². The van der Waals surface area contributed by atoms with E-state index >= 15 is 0 Å². The van der Waals surface area contributed by atoms with Gasteiger partial charge >= 0.3 is 0 Å². The number of nitrogens with zero attached hydrogens (tertiary/aromatic N) is 2. The maximum atomic E-state index is 13.0. The van der Waals surface area contributed by atoms with Crippen molar-refractivity contribution in [1.82, 2.24) is 9.78 Å². The first-order valence-electron chi connectivity index (χ1n) is 7.39. The van der Waals surface area contributed by atoms with Crippen molar-refractivity contribution < 1.29 is 13.9 Å². The van der Waals surface area contributed by atoms with Crippen molar-refractivity contribution in [2.45, 2.75) is 0 Å². The Hall–Kier alpha value is -3.48. The summed E-state index contributed by atoms with van der Waals surface area (Å²) in [4.78, 5) is 24.7. The molecule has 1 heterocycles. The van der Waals surface area contributed by atoms with Crippen molar-refractivity contribution in [2.75, 3.05) is 12.4 Å². The minimum Gasteiger partial charge on any atom is -0.494 e. The van der Waals surface area contributed by atoms with Crippen LogP contribution in [0.4, 0.5) is 10.1 Å². The summed E-state index contributed by atoms with van der Waals surface area (Å²) in [5.74, 6) is -0.934. The molecule has 0 aliphatic heterocycles. The molecular weight excluding hydrogens is 325 g/mol. The number of hydrogen-bond acceptors (Lipinski definition) is 4. The maximum absolute atomic E-state index is 13.0. The number of ether oxygens (including phenoxy) is 1. The van der Waals surface area contributed by atoms with Gasteiger partial charge in [-0.15, -0.1) is 0 Å². The van der Waals surface area contributed by atoms with Gasteiger partial charge in [-0.3, -0.25) is 9.59 Å². The number of aromatic nitrogens is 2. The predicted octanol–water partition coefficient (Wildman–Crippen LogP) is 2.63. The van der Waals surface area contributed by atoms with E-state index in [1.54, 1.807) is 30.3 Å². The number of rotatable bonds is 4. The molecule has 0 atom stereocenters. The highest BCUT2D eigenvalue weighted by Gasteiger charge is 2.18. The lowest BCUT2D eigenvalue weighted by atomic mass is 10.2. The van der Waals surface area contributed by atoms with Crippen molar-refractivity contribution in [3.05, 3.63) is 82.5 Å². The summed E-state index contributed by atoms with van der Waals surface area (Å²) < 4.78 is 19.2. The number of anilines is 1. The zero-order valence-electron chi connectivity index (χ0n) is 13.3. The summed E-state index contributed by atoms with van der Waals surface area (Å²) in [6.45, 7) is 0. The Morgan fingerprint density at radius 1 is 1.12 bits per heavy atom. The summed E-state index contributed by atoms with van der Waals surface area (Å²) in [5, 5.41) is 6.71. The normalized spacial score (nSPS) is 10.3. The Labute approximate surface area is 142 Å². The maximum Gasteiger partial charge on any atom is 0.279 e. The highest BCUT2D eigenvalue weighted by molar-refractivity contribution is 6.04. The smallest absolute Gasteiger partial charge is 0.279 e. The van der Waals surface area contributed by atoms with Crippen LogP contribution in [0.15, 0.2) is 65.5 Å². The molecule has 3 rings (SSSR count). The lowest BCUT2D eigenvalue weighted by Gasteiger charge is -2.11. The number of amides is 1. The van der Waals surface area contributed by atoms with E-state index in [-0.39, 0.29) is 11.4 Å². The summed E-state index contributed by atoms with van der Waals surface area (Å²) in [6.07, 6.45) is 0. The van der Waals surface area contributed by atoms with Gasteiger partial charge in [-0.25, -0.2) is 4.39 Å². The van der Waals surface area contributed by atoms with Gasteiger partial charge in [0.2, 0.25) is 0 Å². The van der Waals surface area contributed by atoms with Gasteiger partial charge in [0.1, 0.15) is 5.82 Å². The van der Waals surface area contributed by atoms with Gasteiger partial charge in [-0.05, 0) is 36.4 Å². The molecule has 6 nitrogen and oxygen atoms in total. The van der Waals surface area contributed by atoms with E-state index in [0.29, 0.717) is 11.4 Å². The number of benzene rings is 2. The van der Waals surface area contributed by atoms with E-state index in [4.69, 9.17) is 4.74 Å². The summed E-state index contributed by atoms with van der Waals surface area (Å²) in [5.41, 5.74) is 0.426. The zero-order chi connectivity index (χ0) is 17.8. The van der Waals surface area contributed by atoms with Crippen LogP contribution >= 0.6 is 0 Å². The van der Waals surface area contributed by atoms with E-state index in [0.717, 1.165) is 4.68 Å². The third kappa shape index (κ3) is 3.55. The molecule has 1 N–H and O–H groups in total. The Bertz CT molecular complexity index is 954. The number of halogens is 1. The molecule has 2 aromatic carbocycles. The number of nitrogens with one attached hydrogen (secondary N) is 1. The topological polar surface area (TPSA) is 73.2 Å². The number of methoxy groups -OCH3 is 1. The average molecular weight is 339 g/mol. The first-order valence-corrected chi connectivity index (χ1v) is 7.39. The van der Waals surface area contributed by atoms with Crippen LogP contribution in [0.25, 0.3) is 5.69 Å². The molecule has 7 heteroatoms. The average Bonchev–Trinajstić information content (AvgIpc) is 2.64. The number of carbonyl (C=O) groups is 1. The van der Waals surface area contributed by atoms with Crippen molar-refractivity contribution in [1.29, 1.82) is 0 Å². The minimum absolute atomic E-state index is 0.0526. The quantitative estimate of drug-likeness (QED) is 0.793. The highest BCUT2D eigenvalue weighted by atomic mass is 19.1. The molecule has 3 aromatic rings. The van der Waals surface area contributed by atoms with Crippen LogP contribution in [0.2, 0.25) is 0 Å². The fourth-order valence-corrected chi connectivity index (χ4v) is 2.23. The van der Waals surface area contributed by atoms with Crippen LogP contribution < -0.4 is 15.6 Å². The van der Waals surface area contributed by atoms with Crippen LogP contribution in [0.1, 0.15) is 10.5 Å². The summed E-state index contributed by atoms with van der Waals surface area (Å²) in [7, 11) is 1.35. The van der Waals surface area contributed by atoms with Crippen LogP contribution in [0.5, 0.6) is 5.75 Å². The van der Waals surface area contributed by atoms with E-state index in [9.17, 15) is 14.0 Å².